The predicted octanol–water partition coefficient (Wildman–Crippen LogP) is 4.56. The van der Waals surface area contributed by atoms with Crippen molar-refractivity contribution in [1.29, 1.82) is 0 Å². The number of amides is 1. The standard InChI is InChI=1S/C22H20F2N2O4S/c1-2-21(30-17-11-7-15(23)8-12-17)22(27)25-16-9-13-18(14-10-16)31(28,29)26-20-6-4-3-5-19(20)24/h3-14,21,26H,2H2,1H3,(H,25,27)/t21-/m1/s1. The van der Waals surface area contributed by atoms with Crippen molar-refractivity contribution >= 4 is 27.3 Å². The van der Waals surface area contributed by atoms with Gasteiger partial charge in [0, 0.05) is 5.69 Å². The van der Waals surface area contributed by atoms with Crippen LogP contribution in [0.2, 0.25) is 0 Å². The van der Waals surface area contributed by atoms with E-state index in [1.165, 1.54) is 66.7 Å². The largest absolute Gasteiger partial charge is 0.481 e. The fraction of sp³-hybridized carbons (Fsp3) is 0.136. The van der Waals surface area contributed by atoms with E-state index in [2.05, 4.69) is 10.0 Å². The molecule has 0 radical (unpaired) electrons. The zero-order chi connectivity index (χ0) is 22.4. The van der Waals surface area contributed by atoms with Crippen molar-refractivity contribution in [3.8, 4) is 5.75 Å². The lowest BCUT2D eigenvalue weighted by Gasteiger charge is -2.17. The van der Waals surface area contributed by atoms with Crippen molar-refractivity contribution in [2.45, 2.75) is 24.3 Å². The van der Waals surface area contributed by atoms with Crippen molar-refractivity contribution in [3.05, 3.63) is 84.4 Å². The van der Waals surface area contributed by atoms with Gasteiger partial charge >= 0.3 is 0 Å². The summed E-state index contributed by atoms with van der Waals surface area (Å²) in [6, 6.07) is 16.1. The average Bonchev–Trinajstić information content (AvgIpc) is 2.75. The van der Waals surface area contributed by atoms with Gasteiger partial charge in [-0.05, 0) is 67.1 Å². The van der Waals surface area contributed by atoms with E-state index >= 15 is 0 Å². The van der Waals surface area contributed by atoms with Crippen LogP contribution >= 0.6 is 0 Å². The van der Waals surface area contributed by atoms with Gasteiger partial charge in [0.25, 0.3) is 15.9 Å². The van der Waals surface area contributed by atoms with E-state index < -0.39 is 33.7 Å². The van der Waals surface area contributed by atoms with Crippen LogP contribution in [0.4, 0.5) is 20.2 Å². The molecule has 9 heteroatoms. The molecule has 2 N–H and O–H groups in total. The van der Waals surface area contributed by atoms with E-state index in [4.69, 9.17) is 4.74 Å². The van der Waals surface area contributed by atoms with E-state index in [1.807, 2.05) is 0 Å². The second-order valence-electron chi connectivity index (χ2n) is 6.57. The first-order valence-corrected chi connectivity index (χ1v) is 10.9. The Bertz CT molecular complexity index is 1150. The van der Waals surface area contributed by atoms with Crippen molar-refractivity contribution in [2.75, 3.05) is 10.0 Å². The van der Waals surface area contributed by atoms with Gasteiger partial charge in [0.15, 0.2) is 6.10 Å². The fourth-order valence-electron chi connectivity index (χ4n) is 2.69. The summed E-state index contributed by atoms with van der Waals surface area (Å²) in [7, 11) is -4.00. The number of anilines is 2. The Balaban J connectivity index is 1.67. The van der Waals surface area contributed by atoms with Crippen LogP contribution in [-0.4, -0.2) is 20.4 Å². The van der Waals surface area contributed by atoms with Gasteiger partial charge < -0.3 is 10.1 Å². The Morgan fingerprint density at radius 2 is 1.61 bits per heavy atom. The number of halogens is 2. The number of carbonyl (C=O) groups is 1. The van der Waals surface area contributed by atoms with Crippen LogP contribution in [0.3, 0.4) is 0 Å². The molecule has 0 fully saturated rings. The van der Waals surface area contributed by atoms with Gasteiger partial charge in [0.05, 0.1) is 10.6 Å². The molecule has 3 rings (SSSR count). The van der Waals surface area contributed by atoms with Gasteiger partial charge in [0.2, 0.25) is 0 Å². The van der Waals surface area contributed by atoms with Crippen LogP contribution in [0.15, 0.2) is 77.7 Å². The maximum absolute atomic E-state index is 13.7. The lowest BCUT2D eigenvalue weighted by atomic mass is 10.2. The molecule has 0 unspecified atom stereocenters. The molecular weight excluding hydrogens is 426 g/mol. The number of benzene rings is 3. The zero-order valence-corrected chi connectivity index (χ0v) is 17.3. The lowest BCUT2D eigenvalue weighted by molar-refractivity contribution is -0.122. The molecule has 1 amide bonds. The first kappa shape index (κ1) is 22.2. The minimum Gasteiger partial charge on any atom is -0.481 e. The first-order chi connectivity index (χ1) is 14.8. The minimum absolute atomic E-state index is 0.0941. The lowest BCUT2D eigenvalue weighted by Crippen LogP contribution is -2.32. The molecular formula is C22H20F2N2O4S. The molecule has 1 atom stereocenters. The summed E-state index contributed by atoms with van der Waals surface area (Å²) in [5.74, 6) is -1.19. The molecule has 6 nitrogen and oxygen atoms in total. The van der Waals surface area contributed by atoms with Gasteiger partial charge in [-0.3, -0.25) is 9.52 Å². The highest BCUT2D eigenvalue weighted by Crippen LogP contribution is 2.21. The highest BCUT2D eigenvalue weighted by molar-refractivity contribution is 7.92. The molecule has 0 aliphatic rings. The molecule has 0 bridgehead atoms. The number of ether oxygens (including phenoxy) is 1. The Kier molecular flexibility index (Phi) is 6.86. The Hall–Kier alpha value is -3.46. The van der Waals surface area contributed by atoms with Crippen molar-refractivity contribution in [3.63, 3.8) is 0 Å². The van der Waals surface area contributed by atoms with Crippen molar-refractivity contribution < 1.29 is 26.7 Å². The smallest absolute Gasteiger partial charge is 0.265 e. The third-order valence-corrected chi connectivity index (χ3v) is 5.69. The molecule has 3 aromatic rings. The molecule has 0 spiro atoms. The molecule has 0 saturated carbocycles. The third-order valence-electron chi connectivity index (χ3n) is 4.31. The molecule has 162 valence electrons. The maximum atomic E-state index is 13.7. The molecule has 0 aromatic heterocycles. The predicted molar refractivity (Wildman–Crippen MR) is 113 cm³/mol. The van der Waals surface area contributed by atoms with Gasteiger partial charge in [-0.15, -0.1) is 0 Å². The van der Waals surface area contributed by atoms with E-state index in [1.54, 1.807) is 6.92 Å². The number of carbonyl (C=O) groups excluding carboxylic acids is 1. The Labute approximate surface area is 178 Å². The maximum Gasteiger partial charge on any atom is 0.265 e. The van der Waals surface area contributed by atoms with Gasteiger partial charge in [-0.25, -0.2) is 17.2 Å². The summed E-state index contributed by atoms with van der Waals surface area (Å²) in [6.45, 7) is 1.76. The summed E-state index contributed by atoms with van der Waals surface area (Å²) < 4.78 is 59.4. The summed E-state index contributed by atoms with van der Waals surface area (Å²) in [6.07, 6.45) is -0.459. The van der Waals surface area contributed by atoms with E-state index in [-0.39, 0.29) is 10.6 Å². The fourth-order valence-corrected chi connectivity index (χ4v) is 3.75. The Morgan fingerprint density at radius 1 is 0.968 bits per heavy atom. The molecule has 0 aliphatic heterocycles. The molecule has 3 aromatic carbocycles. The van der Waals surface area contributed by atoms with Crippen LogP contribution in [0.25, 0.3) is 0 Å². The number of nitrogens with one attached hydrogen (secondary N) is 2. The van der Waals surface area contributed by atoms with Crippen LogP contribution < -0.4 is 14.8 Å². The van der Waals surface area contributed by atoms with E-state index in [9.17, 15) is 22.0 Å². The number of rotatable bonds is 8. The van der Waals surface area contributed by atoms with Gasteiger partial charge in [0.1, 0.15) is 17.4 Å². The number of hydrogen-bond acceptors (Lipinski definition) is 4. The topological polar surface area (TPSA) is 84.5 Å². The molecule has 0 aliphatic carbocycles. The Morgan fingerprint density at radius 3 is 2.23 bits per heavy atom. The normalized spacial score (nSPS) is 12.1. The summed E-state index contributed by atoms with van der Waals surface area (Å²) in [4.78, 5) is 12.4. The quantitative estimate of drug-likeness (QED) is 0.531. The summed E-state index contributed by atoms with van der Waals surface area (Å²) in [5, 5.41) is 2.65. The highest BCUT2D eigenvalue weighted by atomic mass is 32.2. The van der Waals surface area contributed by atoms with E-state index in [0.717, 1.165) is 6.07 Å². The van der Waals surface area contributed by atoms with Gasteiger partial charge in [-0.1, -0.05) is 19.1 Å². The summed E-state index contributed by atoms with van der Waals surface area (Å²) >= 11 is 0. The van der Waals surface area contributed by atoms with Crippen molar-refractivity contribution in [2.24, 2.45) is 0 Å². The second-order valence-corrected chi connectivity index (χ2v) is 8.25. The highest BCUT2D eigenvalue weighted by Gasteiger charge is 2.20. The average molecular weight is 446 g/mol. The van der Waals surface area contributed by atoms with Gasteiger partial charge in [-0.2, -0.15) is 0 Å². The van der Waals surface area contributed by atoms with Crippen LogP contribution in [0, 0.1) is 11.6 Å². The first-order valence-electron chi connectivity index (χ1n) is 9.39. The number of hydrogen-bond donors (Lipinski definition) is 2. The zero-order valence-electron chi connectivity index (χ0n) is 16.5. The van der Waals surface area contributed by atoms with Crippen LogP contribution in [-0.2, 0) is 14.8 Å². The number of sulfonamides is 1. The second kappa shape index (κ2) is 9.57. The SMILES string of the molecule is CC[C@@H](Oc1ccc(F)cc1)C(=O)Nc1ccc(S(=O)(=O)Nc2ccccc2F)cc1. The number of para-hydroxylation sites is 1. The minimum atomic E-state index is -4.00. The van der Waals surface area contributed by atoms with Crippen molar-refractivity contribution in [1.82, 2.24) is 0 Å². The summed E-state index contributed by atoms with van der Waals surface area (Å²) in [5.41, 5.74) is 0.194. The molecule has 31 heavy (non-hydrogen) atoms. The van der Waals surface area contributed by atoms with Crippen LogP contribution in [0.1, 0.15) is 13.3 Å². The van der Waals surface area contributed by atoms with E-state index in [0.29, 0.717) is 17.9 Å². The third kappa shape index (κ3) is 5.79. The monoisotopic (exact) mass is 446 g/mol. The molecule has 0 heterocycles. The molecule has 0 saturated heterocycles. The van der Waals surface area contributed by atoms with Crippen LogP contribution in [0.5, 0.6) is 5.75 Å².